The summed E-state index contributed by atoms with van der Waals surface area (Å²) in [5.41, 5.74) is 11.8. The second kappa shape index (κ2) is 12.1. The van der Waals surface area contributed by atoms with Crippen LogP contribution in [0.25, 0.3) is 99.7 Å². The number of para-hydroxylation sites is 3. The zero-order valence-electron chi connectivity index (χ0n) is 29.3. The Morgan fingerprint density at radius 2 is 0.852 bits per heavy atom. The molecule has 0 N–H and O–H groups in total. The Kier molecular flexibility index (Phi) is 6.82. The molecule has 0 aliphatic heterocycles. The maximum Gasteiger partial charge on any atom is 0.235 e. The van der Waals surface area contributed by atoms with Gasteiger partial charge < -0.3 is 4.57 Å². The van der Waals surface area contributed by atoms with Crippen molar-refractivity contribution in [3.05, 3.63) is 194 Å². The van der Waals surface area contributed by atoms with Gasteiger partial charge in [-0.1, -0.05) is 152 Å². The van der Waals surface area contributed by atoms with E-state index in [2.05, 4.69) is 191 Å². The molecule has 0 atom stereocenters. The summed E-state index contributed by atoms with van der Waals surface area (Å²) in [5.74, 6) is 0.636. The molecule has 0 bridgehead atoms. The van der Waals surface area contributed by atoms with E-state index in [4.69, 9.17) is 9.97 Å². The number of hydrogen-bond acceptors (Lipinski definition) is 2. The quantitative estimate of drug-likeness (QED) is 0.180. The molecular weight excluding hydrogens is 657 g/mol. The number of benzene rings is 8. The molecule has 8 aromatic carbocycles. The molecule has 0 spiro atoms. The number of hydrogen-bond donors (Lipinski definition) is 0. The minimum Gasteiger partial charge on any atom is -0.309 e. The fourth-order valence-electron chi connectivity index (χ4n) is 8.32. The zero-order chi connectivity index (χ0) is 35.6. The standard InChI is InChI=1S/C50H32N4/c1-4-16-33(17-5-1)43-32-44(34-18-6-2-7-19-34)52-50(51-43)54-46-27-15-13-25-40(46)42-30-35-20-10-11-23-38(35)48(49(42)54)36-28-29-41-39-24-12-14-26-45(39)53(47(41)31-36)37-21-8-3-9-22-37/h1-32H. The third-order valence-corrected chi connectivity index (χ3v) is 10.7. The van der Waals surface area contributed by atoms with E-state index in [-0.39, 0.29) is 0 Å². The van der Waals surface area contributed by atoms with Crippen LogP contribution in [-0.2, 0) is 0 Å². The Labute approximate surface area is 311 Å². The summed E-state index contributed by atoms with van der Waals surface area (Å²) in [7, 11) is 0. The van der Waals surface area contributed by atoms with Gasteiger partial charge in [0.1, 0.15) is 0 Å². The summed E-state index contributed by atoms with van der Waals surface area (Å²) in [5, 5.41) is 7.15. The van der Waals surface area contributed by atoms with Crippen LogP contribution in [0, 0.1) is 0 Å². The SMILES string of the molecule is c1ccc(-c2cc(-c3ccccc3)nc(-n3c4ccccc4c4cc5ccccc5c(-c5ccc6c7ccccc7n(-c7ccccc7)c6c5)c43)n2)cc1. The van der Waals surface area contributed by atoms with Crippen molar-refractivity contribution in [2.75, 3.05) is 0 Å². The molecule has 0 fully saturated rings. The van der Waals surface area contributed by atoms with Crippen LogP contribution < -0.4 is 0 Å². The first-order valence-corrected chi connectivity index (χ1v) is 18.3. The predicted octanol–water partition coefficient (Wildman–Crippen LogP) is 12.8. The molecule has 0 aliphatic carbocycles. The topological polar surface area (TPSA) is 35.6 Å². The van der Waals surface area contributed by atoms with Crippen LogP contribution in [0.3, 0.4) is 0 Å². The lowest BCUT2D eigenvalue weighted by Crippen LogP contribution is -2.05. The fraction of sp³-hybridized carbons (Fsp3) is 0. The Bertz CT molecular complexity index is 3140. The maximum absolute atomic E-state index is 5.37. The Morgan fingerprint density at radius 3 is 1.52 bits per heavy atom. The molecule has 0 amide bonds. The van der Waals surface area contributed by atoms with E-state index < -0.39 is 0 Å². The van der Waals surface area contributed by atoms with Crippen LogP contribution in [0.1, 0.15) is 0 Å². The van der Waals surface area contributed by atoms with Crippen LogP contribution in [-0.4, -0.2) is 19.1 Å². The predicted molar refractivity (Wildman–Crippen MR) is 225 cm³/mol. The molecule has 11 rings (SSSR count). The summed E-state index contributed by atoms with van der Waals surface area (Å²) in [6.45, 7) is 0. The van der Waals surface area contributed by atoms with Crippen molar-refractivity contribution in [2.24, 2.45) is 0 Å². The van der Waals surface area contributed by atoms with Gasteiger partial charge in [0.05, 0.1) is 33.5 Å². The molecule has 252 valence electrons. The minimum atomic E-state index is 0.636. The second-order valence-corrected chi connectivity index (χ2v) is 13.8. The van der Waals surface area contributed by atoms with Crippen molar-refractivity contribution in [3.63, 3.8) is 0 Å². The van der Waals surface area contributed by atoms with Gasteiger partial charge in [-0.15, -0.1) is 0 Å². The van der Waals surface area contributed by atoms with Gasteiger partial charge in [-0.2, -0.15) is 0 Å². The molecule has 0 radical (unpaired) electrons. The Morgan fingerprint density at radius 1 is 0.333 bits per heavy atom. The molecule has 0 aliphatic rings. The molecule has 4 heteroatoms. The Hall–Kier alpha value is -7.30. The highest BCUT2D eigenvalue weighted by Gasteiger charge is 2.23. The average molecular weight is 689 g/mol. The summed E-state index contributed by atoms with van der Waals surface area (Å²) < 4.78 is 4.69. The molecule has 54 heavy (non-hydrogen) atoms. The molecule has 11 aromatic rings. The second-order valence-electron chi connectivity index (χ2n) is 13.8. The normalized spacial score (nSPS) is 11.7. The first-order chi connectivity index (χ1) is 26.8. The van der Waals surface area contributed by atoms with E-state index >= 15 is 0 Å². The van der Waals surface area contributed by atoms with Gasteiger partial charge in [-0.05, 0) is 58.8 Å². The molecule has 3 aromatic heterocycles. The van der Waals surface area contributed by atoms with Crippen molar-refractivity contribution < 1.29 is 0 Å². The summed E-state index contributed by atoms with van der Waals surface area (Å²) in [4.78, 5) is 10.7. The highest BCUT2D eigenvalue weighted by atomic mass is 15.2. The maximum atomic E-state index is 5.37. The minimum absolute atomic E-state index is 0.636. The third-order valence-electron chi connectivity index (χ3n) is 10.7. The van der Waals surface area contributed by atoms with Gasteiger partial charge in [0.25, 0.3) is 0 Å². The smallest absolute Gasteiger partial charge is 0.235 e. The number of fused-ring (bicyclic) bond motifs is 7. The van der Waals surface area contributed by atoms with Gasteiger partial charge >= 0.3 is 0 Å². The number of rotatable bonds is 5. The Balaban J connectivity index is 1.28. The molecule has 3 heterocycles. The lowest BCUT2D eigenvalue weighted by Gasteiger charge is -2.16. The largest absolute Gasteiger partial charge is 0.309 e. The monoisotopic (exact) mass is 688 g/mol. The van der Waals surface area contributed by atoms with Crippen LogP contribution >= 0.6 is 0 Å². The molecule has 0 saturated heterocycles. The van der Waals surface area contributed by atoms with E-state index in [1.165, 1.54) is 27.1 Å². The van der Waals surface area contributed by atoms with Crippen molar-refractivity contribution >= 4 is 54.4 Å². The van der Waals surface area contributed by atoms with Crippen LogP contribution in [0.4, 0.5) is 0 Å². The first-order valence-electron chi connectivity index (χ1n) is 18.3. The first kappa shape index (κ1) is 30.3. The van der Waals surface area contributed by atoms with E-state index in [1.54, 1.807) is 0 Å². The van der Waals surface area contributed by atoms with Crippen molar-refractivity contribution in [3.8, 4) is 45.3 Å². The van der Waals surface area contributed by atoms with Gasteiger partial charge in [0.2, 0.25) is 5.95 Å². The van der Waals surface area contributed by atoms with Crippen LogP contribution in [0.2, 0.25) is 0 Å². The zero-order valence-corrected chi connectivity index (χ0v) is 29.3. The van der Waals surface area contributed by atoms with E-state index in [9.17, 15) is 0 Å². The van der Waals surface area contributed by atoms with E-state index in [1.807, 2.05) is 12.1 Å². The van der Waals surface area contributed by atoms with Crippen LogP contribution in [0.5, 0.6) is 0 Å². The average Bonchev–Trinajstić information content (AvgIpc) is 3.76. The lowest BCUT2D eigenvalue weighted by atomic mass is 9.94. The highest BCUT2D eigenvalue weighted by molar-refractivity contribution is 6.22. The molecule has 0 unspecified atom stereocenters. The molecule has 0 saturated carbocycles. The van der Waals surface area contributed by atoms with Crippen molar-refractivity contribution in [1.82, 2.24) is 19.1 Å². The van der Waals surface area contributed by atoms with E-state index in [0.717, 1.165) is 66.7 Å². The summed E-state index contributed by atoms with van der Waals surface area (Å²) >= 11 is 0. The fourth-order valence-corrected chi connectivity index (χ4v) is 8.32. The summed E-state index contributed by atoms with van der Waals surface area (Å²) in [6.07, 6.45) is 0. The highest BCUT2D eigenvalue weighted by Crippen LogP contribution is 2.44. The van der Waals surface area contributed by atoms with Gasteiger partial charge in [-0.25, -0.2) is 9.97 Å². The van der Waals surface area contributed by atoms with Crippen LogP contribution in [0.15, 0.2) is 194 Å². The molecule has 4 nitrogen and oxygen atoms in total. The van der Waals surface area contributed by atoms with Gasteiger partial charge in [0.15, 0.2) is 0 Å². The number of nitrogens with zero attached hydrogens (tertiary/aromatic N) is 4. The molecular formula is C50H32N4. The van der Waals surface area contributed by atoms with Crippen molar-refractivity contribution in [2.45, 2.75) is 0 Å². The lowest BCUT2D eigenvalue weighted by molar-refractivity contribution is 0.996. The summed E-state index contributed by atoms with van der Waals surface area (Å²) in [6, 6.07) is 69.0. The number of aromatic nitrogens is 4. The van der Waals surface area contributed by atoms with Crippen molar-refractivity contribution in [1.29, 1.82) is 0 Å². The van der Waals surface area contributed by atoms with E-state index in [0.29, 0.717) is 5.95 Å². The third kappa shape index (κ3) is 4.70. The van der Waals surface area contributed by atoms with Gasteiger partial charge in [0, 0.05) is 43.9 Å². The van der Waals surface area contributed by atoms with Gasteiger partial charge in [-0.3, -0.25) is 4.57 Å².